The van der Waals surface area contributed by atoms with Gasteiger partial charge in [0.05, 0.1) is 11.7 Å². The van der Waals surface area contributed by atoms with Crippen LogP contribution >= 0.6 is 15.9 Å². The highest BCUT2D eigenvalue weighted by atomic mass is 79.9. The summed E-state index contributed by atoms with van der Waals surface area (Å²) in [6, 6.07) is 7.92. The van der Waals surface area contributed by atoms with Crippen molar-refractivity contribution in [3.05, 3.63) is 40.8 Å². The molecule has 1 nitrogen and oxygen atoms in total. The fraction of sp³-hybridized carbons (Fsp3) is 0. The molecule has 0 aliphatic carbocycles. The predicted molar refractivity (Wildman–Crippen MR) is 48.2 cm³/mol. The lowest BCUT2D eigenvalue weighted by Gasteiger charge is -1.96. The van der Waals surface area contributed by atoms with Crippen LogP contribution in [0.25, 0.3) is 10.9 Å². The molecular weight excluding hydrogens is 221 g/mol. The van der Waals surface area contributed by atoms with E-state index in [-0.39, 0.29) is 5.82 Å². The van der Waals surface area contributed by atoms with Gasteiger partial charge in [0.15, 0.2) is 0 Å². The minimum absolute atomic E-state index is 0.325. The Labute approximate surface area is 77.4 Å². The normalized spacial score (nSPS) is 10.5. The molecule has 3 heteroatoms. The maximum atomic E-state index is 12.7. The van der Waals surface area contributed by atoms with Gasteiger partial charge in [-0.1, -0.05) is 15.9 Å². The summed E-state index contributed by atoms with van der Waals surface area (Å²) in [5, 5.41) is 0.754. The summed E-state index contributed by atoms with van der Waals surface area (Å²) < 4.78 is 13.6. The number of nitrogens with zero attached hydrogens (tertiary/aromatic N) is 1. The fourth-order valence-corrected chi connectivity index (χ4v) is 1.37. The zero-order valence-electron chi connectivity index (χ0n) is 6.01. The first-order valence-corrected chi connectivity index (χ1v) is 4.17. The monoisotopic (exact) mass is 224 g/mol. The van der Waals surface area contributed by atoms with Crippen LogP contribution in [0.2, 0.25) is 0 Å². The van der Waals surface area contributed by atoms with Crippen LogP contribution < -0.4 is 0 Å². The van der Waals surface area contributed by atoms with Crippen LogP contribution in [0.4, 0.5) is 4.39 Å². The summed E-state index contributed by atoms with van der Waals surface area (Å²) in [4.78, 5) is 3.87. The molecule has 0 aliphatic heterocycles. The third-order valence-corrected chi connectivity index (χ3v) is 1.98. The van der Waals surface area contributed by atoms with Gasteiger partial charge in [-0.3, -0.25) is 4.98 Å². The van der Waals surface area contributed by atoms with Gasteiger partial charge in [0, 0.05) is 15.9 Å². The van der Waals surface area contributed by atoms with Gasteiger partial charge in [0.1, 0.15) is 5.82 Å². The molecule has 0 saturated heterocycles. The Morgan fingerprint density at radius 1 is 1.42 bits per heavy atom. The van der Waals surface area contributed by atoms with Gasteiger partial charge in [-0.05, 0) is 18.2 Å². The maximum absolute atomic E-state index is 12.7. The SMILES string of the molecule is Fc1cnc2[c]cc(Br)cc2c1. The molecule has 1 aromatic carbocycles. The number of rotatable bonds is 0. The zero-order valence-corrected chi connectivity index (χ0v) is 7.60. The summed E-state index contributed by atoms with van der Waals surface area (Å²) >= 11 is 3.28. The Hall–Kier alpha value is -0.960. The van der Waals surface area contributed by atoms with E-state index >= 15 is 0 Å². The largest absolute Gasteiger partial charge is 0.253 e. The van der Waals surface area contributed by atoms with Crippen molar-refractivity contribution in [2.75, 3.05) is 0 Å². The average molecular weight is 225 g/mol. The second-order valence-electron chi connectivity index (χ2n) is 2.41. The van der Waals surface area contributed by atoms with Gasteiger partial charge in [-0.25, -0.2) is 4.39 Å². The van der Waals surface area contributed by atoms with Gasteiger partial charge < -0.3 is 0 Å². The third-order valence-electron chi connectivity index (χ3n) is 1.52. The standard InChI is InChI=1S/C9H4BrFN/c10-7-1-2-9-6(3-7)4-8(11)5-12-9/h1,3-5H. The van der Waals surface area contributed by atoms with Gasteiger partial charge in [0.25, 0.3) is 0 Å². The minimum Gasteiger partial charge on any atom is -0.253 e. The molecule has 1 radical (unpaired) electrons. The molecule has 2 aromatic rings. The number of pyridine rings is 1. The van der Waals surface area contributed by atoms with E-state index in [9.17, 15) is 4.39 Å². The van der Waals surface area contributed by atoms with Gasteiger partial charge in [0.2, 0.25) is 0 Å². The smallest absolute Gasteiger partial charge is 0.142 e. The molecule has 0 amide bonds. The van der Waals surface area contributed by atoms with Crippen molar-refractivity contribution in [1.82, 2.24) is 4.98 Å². The first-order valence-electron chi connectivity index (χ1n) is 3.38. The van der Waals surface area contributed by atoms with Crippen LogP contribution in [0, 0.1) is 11.9 Å². The van der Waals surface area contributed by atoms with E-state index in [1.165, 1.54) is 12.3 Å². The number of hydrogen-bond donors (Lipinski definition) is 0. The number of benzene rings is 1. The molecule has 0 spiro atoms. The van der Waals surface area contributed by atoms with Crippen LogP contribution in [0.15, 0.2) is 28.9 Å². The molecule has 0 saturated carbocycles. The Balaban J connectivity index is 2.80. The van der Waals surface area contributed by atoms with E-state index in [0.29, 0.717) is 5.52 Å². The summed E-state index contributed by atoms with van der Waals surface area (Å²) in [6.07, 6.45) is 1.19. The molecular formula is C9H4BrFN. The van der Waals surface area contributed by atoms with E-state index in [0.717, 1.165) is 9.86 Å². The van der Waals surface area contributed by atoms with Crippen molar-refractivity contribution in [1.29, 1.82) is 0 Å². The summed E-state index contributed by atoms with van der Waals surface area (Å²) in [7, 11) is 0. The van der Waals surface area contributed by atoms with Crippen LogP contribution in [-0.2, 0) is 0 Å². The van der Waals surface area contributed by atoms with Crippen LogP contribution in [-0.4, -0.2) is 4.98 Å². The summed E-state index contributed by atoms with van der Waals surface area (Å²) in [5.74, 6) is -0.325. The molecule has 0 aliphatic rings. The highest BCUT2D eigenvalue weighted by molar-refractivity contribution is 9.10. The Morgan fingerprint density at radius 2 is 2.25 bits per heavy atom. The predicted octanol–water partition coefficient (Wildman–Crippen LogP) is 2.94. The molecule has 12 heavy (non-hydrogen) atoms. The molecule has 2 rings (SSSR count). The van der Waals surface area contributed by atoms with Gasteiger partial charge >= 0.3 is 0 Å². The second kappa shape index (κ2) is 2.83. The van der Waals surface area contributed by atoms with E-state index in [2.05, 4.69) is 27.0 Å². The van der Waals surface area contributed by atoms with Crippen molar-refractivity contribution < 1.29 is 4.39 Å². The van der Waals surface area contributed by atoms with Crippen LogP contribution in [0.5, 0.6) is 0 Å². The molecule has 0 unspecified atom stereocenters. The molecule has 0 N–H and O–H groups in total. The van der Waals surface area contributed by atoms with Gasteiger partial charge in [-0.15, -0.1) is 0 Å². The molecule has 0 bridgehead atoms. The number of halogens is 2. The Morgan fingerprint density at radius 3 is 3.08 bits per heavy atom. The van der Waals surface area contributed by atoms with Gasteiger partial charge in [-0.2, -0.15) is 0 Å². The molecule has 0 atom stereocenters. The number of aromatic nitrogens is 1. The van der Waals surface area contributed by atoms with Crippen molar-refractivity contribution in [3.8, 4) is 0 Å². The Bertz CT molecular complexity index is 391. The quantitative estimate of drug-likeness (QED) is 0.671. The first-order chi connectivity index (χ1) is 5.75. The zero-order chi connectivity index (χ0) is 8.55. The van der Waals surface area contributed by atoms with Crippen molar-refractivity contribution in [2.45, 2.75) is 0 Å². The topological polar surface area (TPSA) is 12.9 Å². The van der Waals surface area contributed by atoms with Crippen LogP contribution in [0.1, 0.15) is 0 Å². The number of hydrogen-bond acceptors (Lipinski definition) is 1. The second-order valence-corrected chi connectivity index (χ2v) is 3.32. The third kappa shape index (κ3) is 1.32. The maximum Gasteiger partial charge on any atom is 0.142 e. The van der Waals surface area contributed by atoms with Crippen molar-refractivity contribution in [2.24, 2.45) is 0 Å². The van der Waals surface area contributed by atoms with E-state index in [4.69, 9.17) is 0 Å². The lowest BCUT2D eigenvalue weighted by molar-refractivity contribution is 0.624. The van der Waals surface area contributed by atoms with Crippen molar-refractivity contribution in [3.63, 3.8) is 0 Å². The highest BCUT2D eigenvalue weighted by Gasteiger charge is 1.97. The molecule has 59 valence electrons. The fourth-order valence-electron chi connectivity index (χ4n) is 1.01. The summed E-state index contributed by atoms with van der Waals surface area (Å²) in [5.41, 5.74) is 0.680. The number of fused-ring (bicyclic) bond motifs is 1. The average Bonchev–Trinajstić information content (AvgIpc) is 2.03. The molecule has 0 fully saturated rings. The van der Waals surface area contributed by atoms with Crippen LogP contribution in [0.3, 0.4) is 0 Å². The first kappa shape index (κ1) is 7.68. The van der Waals surface area contributed by atoms with E-state index in [1.54, 1.807) is 6.07 Å². The minimum atomic E-state index is -0.325. The highest BCUT2D eigenvalue weighted by Crippen LogP contribution is 2.17. The lowest BCUT2D eigenvalue weighted by atomic mass is 10.2. The Kier molecular flexibility index (Phi) is 1.81. The van der Waals surface area contributed by atoms with E-state index < -0.39 is 0 Å². The molecule has 1 heterocycles. The van der Waals surface area contributed by atoms with E-state index in [1.807, 2.05) is 6.07 Å². The lowest BCUT2D eigenvalue weighted by Crippen LogP contribution is -1.81. The van der Waals surface area contributed by atoms with Crippen molar-refractivity contribution >= 4 is 26.8 Å². The molecule has 1 aromatic heterocycles. The summed E-state index contributed by atoms with van der Waals surface area (Å²) in [6.45, 7) is 0.